The molecule has 2 aromatic rings. The summed E-state index contributed by atoms with van der Waals surface area (Å²) in [6.07, 6.45) is 14.3. The minimum Gasteiger partial charge on any atom is -0.497 e. The summed E-state index contributed by atoms with van der Waals surface area (Å²) in [7, 11) is 1.65. The Hall–Kier alpha value is -2.83. The van der Waals surface area contributed by atoms with Crippen molar-refractivity contribution < 1.29 is 14.3 Å². The van der Waals surface area contributed by atoms with E-state index in [2.05, 4.69) is 34.0 Å². The Morgan fingerprint density at radius 1 is 1.22 bits per heavy atom. The van der Waals surface area contributed by atoms with Crippen molar-refractivity contribution in [3.05, 3.63) is 48.0 Å². The fourth-order valence-electron chi connectivity index (χ4n) is 6.74. The number of carbonyl (C=O) groups is 2. The van der Waals surface area contributed by atoms with Crippen molar-refractivity contribution in [2.75, 3.05) is 13.7 Å². The van der Waals surface area contributed by atoms with Gasteiger partial charge in [0.1, 0.15) is 11.8 Å². The van der Waals surface area contributed by atoms with Crippen molar-refractivity contribution >= 4 is 11.8 Å². The number of rotatable bonds is 12. The normalized spacial score (nSPS) is 21.6. The Balaban J connectivity index is 1.55. The molecular weight excluding hydrogens is 464 g/mol. The first-order valence-corrected chi connectivity index (χ1v) is 14.2. The molecule has 202 valence electrons. The molecule has 1 saturated heterocycles. The average Bonchev–Trinajstić information content (AvgIpc) is 3.42. The van der Waals surface area contributed by atoms with Crippen LogP contribution in [0.2, 0.25) is 0 Å². The summed E-state index contributed by atoms with van der Waals surface area (Å²) in [5, 5.41) is 3.12. The van der Waals surface area contributed by atoms with Crippen LogP contribution in [0, 0.1) is 11.8 Å². The molecule has 1 aliphatic heterocycles. The zero-order valence-corrected chi connectivity index (χ0v) is 22.8. The first-order chi connectivity index (χ1) is 18.0. The lowest BCUT2D eigenvalue weighted by Crippen LogP contribution is -2.71. The number of carbonyl (C=O) groups excluding carboxylic acids is 2. The van der Waals surface area contributed by atoms with Gasteiger partial charge in [0.25, 0.3) is 0 Å². The van der Waals surface area contributed by atoms with Crippen molar-refractivity contribution in [1.29, 1.82) is 0 Å². The van der Waals surface area contributed by atoms with Crippen LogP contribution in [0.3, 0.4) is 0 Å². The summed E-state index contributed by atoms with van der Waals surface area (Å²) in [5.74, 6) is 1.75. The highest BCUT2D eigenvalue weighted by atomic mass is 16.5. The highest BCUT2D eigenvalue weighted by molar-refractivity contribution is 5.89. The molecule has 2 amide bonds. The van der Waals surface area contributed by atoms with Crippen LogP contribution in [-0.2, 0) is 22.4 Å². The number of H-pyrrole nitrogens is 1. The van der Waals surface area contributed by atoms with E-state index in [9.17, 15) is 9.59 Å². The number of benzene rings is 1. The summed E-state index contributed by atoms with van der Waals surface area (Å²) in [5.41, 5.74) is 1.78. The quantitative estimate of drug-likeness (QED) is 0.419. The smallest absolute Gasteiger partial charge is 0.245 e. The van der Waals surface area contributed by atoms with Crippen molar-refractivity contribution in [2.24, 2.45) is 11.8 Å². The van der Waals surface area contributed by atoms with Crippen molar-refractivity contribution in [1.82, 2.24) is 20.2 Å². The summed E-state index contributed by atoms with van der Waals surface area (Å²) in [6, 6.07) is 7.21. The Kier molecular flexibility index (Phi) is 9.28. The Bertz CT molecular complexity index is 1000. The molecule has 7 nitrogen and oxygen atoms in total. The van der Waals surface area contributed by atoms with Gasteiger partial charge in [-0.3, -0.25) is 9.59 Å². The lowest BCUT2D eigenvalue weighted by molar-refractivity contribution is -0.166. The van der Waals surface area contributed by atoms with E-state index in [1.165, 1.54) is 32.1 Å². The van der Waals surface area contributed by atoms with Gasteiger partial charge in [-0.15, -0.1) is 0 Å². The molecule has 3 atom stereocenters. The number of amides is 2. The van der Waals surface area contributed by atoms with Gasteiger partial charge in [0.15, 0.2) is 0 Å². The standard InChI is InChI=1S/C30H44N4O3/c1-4-8-22(2)30(24-9-6-5-7-10-24)17-18-34(30)29(36)27(19-23-11-14-26(37-3)15-12-23)33-28(35)16-13-25-20-31-21-32-25/h11-12,14-15,20-22,24,27H,4-10,13,16-19H2,1-3H3,(H,31,32)(H,33,35)/t22-,27?,30+/m1/s1. The molecule has 1 aromatic heterocycles. The van der Waals surface area contributed by atoms with Gasteiger partial charge in [-0.2, -0.15) is 0 Å². The molecule has 2 heterocycles. The van der Waals surface area contributed by atoms with E-state index in [-0.39, 0.29) is 17.4 Å². The molecule has 2 aliphatic rings. The number of aryl methyl sites for hydroxylation is 1. The maximum Gasteiger partial charge on any atom is 0.245 e. The first kappa shape index (κ1) is 27.2. The number of likely N-dealkylation sites (tertiary alicyclic amines) is 1. The Morgan fingerprint density at radius 2 is 1.97 bits per heavy atom. The van der Waals surface area contributed by atoms with Crippen LogP contribution >= 0.6 is 0 Å². The second-order valence-electron chi connectivity index (χ2n) is 11.0. The molecule has 0 bridgehead atoms. The van der Waals surface area contributed by atoms with E-state index < -0.39 is 6.04 Å². The minimum atomic E-state index is -0.586. The fourth-order valence-corrected chi connectivity index (χ4v) is 6.74. The number of ether oxygens (including phenoxy) is 1. The predicted octanol–water partition coefficient (Wildman–Crippen LogP) is 5.07. The lowest BCUT2D eigenvalue weighted by Gasteiger charge is -2.61. The maximum absolute atomic E-state index is 14.3. The summed E-state index contributed by atoms with van der Waals surface area (Å²) >= 11 is 0. The lowest BCUT2D eigenvalue weighted by atomic mass is 9.61. The van der Waals surface area contributed by atoms with Crippen molar-refractivity contribution in [3.8, 4) is 5.75 Å². The number of hydrogen-bond acceptors (Lipinski definition) is 4. The third-order valence-corrected chi connectivity index (χ3v) is 8.79. The number of aromatic nitrogens is 2. The van der Waals surface area contributed by atoms with E-state index in [1.807, 2.05) is 24.3 Å². The molecule has 4 rings (SSSR count). The molecule has 37 heavy (non-hydrogen) atoms. The van der Waals surface area contributed by atoms with Gasteiger partial charge in [0, 0.05) is 31.1 Å². The van der Waals surface area contributed by atoms with Gasteiger partial charge in [0.05, 0.1) is 19.1 Å². The first-order valence-electron chi connectivity index (χ1n) is 14.2. The molecule has 1 aromatic carbocycles. The largest absolute Gasteiger partial charge is 0.497 e. The summed E-state index contributed by atoms with van der Waals surface area (Å²) in [6.45, 7) is 5.37. The second kappa shape index (κ2) is 12.6. The van der Waals surface area contributed by atoms with Crippen LogP contribution in [0.1, 0.15) is 82.9 Å². The molecule has 1 unspecified atom stereocenters. The van der Waals surface area contributed by atoms with Crippen molar-refractivity contribution in [3.63, 3.8) is 0 Å². The fraction of sp³-hybridized carbons (Fsp3) is 0.633. The van der Waals surface area contributed by atoms with E-state index in [0.29, 0.717) is 31.1 Å². The van der Waals surface area contributed by atoms with E-state index in [0.717, 1.165) is 42.8 Å². The molecule has 0 radical (unpaired) electrons. The van der Waals surface area contributed by atoms with Crippen LogP contribution in [0.15, 0.2) is 36.8 Å². The molecule has 1 aliphatic carbocycles. The highest BCUT2D eigenvalue weighted by Gasteiger charge is 2.56. The number of nitrogens with one attached hydrogen (secondary N) is 2. The average molecular weight is 509 g/mol. The molecule has 2 N–H and O–H groups in total. The van der Waals surface area contributed by atoms with Crippen LogP contribution < -0.4 is 10.1 Å². The van der Waals surface area contributed by atoms with Crippen molar-refractivity contribution in [2.45, 2.75) is 96.1 Å². The molecule has 7 heteroatoms. The number of aromatic amines is 1. The zero-order valence-electron chi connectivity index (χ0n) is 22.8. The Morgan fingerprint density at radius 3 is 2.57 bits per heavy atom. The van der Waals surface area contributed by atoms with E-state index in [1.54, 1.807) is 19.6 Å². The van der Waals surface area contributed by atoms with Crippen LogP contribution in [-0.4, -0.2) is 51.9 Å². The van der Waals surface area contributed by atoms with Crippen LogP contribution in [0.5, 0.6) is 5.75 Å². The van der Waals surface area contributed by atoms with E-state index in [4.69, 9.17) is 4.74 Å². The second-order valence-corrected chi connectivity index (χ2v) is 11.0. The van der Waals surface area contributed by atoms with Gasteiger partial charge >= 0.3 is 0 Å². The summed E-state index contributed by atoms with van der Waals surface area (Å²) < 4.78 is 5.31. The maximum atomic E-state index is 14.3. The molecule has 1 saturated carbocycles. The van der Waals surface area contributed by atoms with E-state index >= 15 is 0 Å². The number of imidazole rings is 1. The molecular formula is C30H44N4O3. The van der Waals surface area contributed by atoms with Gasteiger partial charge < -0.3 is 19.9 Å². The SMILES string of the molecule is CCC[C@@H](C)[C@]1(C2CCCCC2)CCN1C(=O)C(Cc1ccc(OC)cc1)NC(=O)CCc1c[nH]cn1. The van der Waals surface area contributed by atoms with Crippen LogP contribution in [0.4, 0.5) is 0 Å². The van der Waals surface area contributed by atoms with Crippen LogP contribution in [0.25, 0.3) is 0 Å². The zero-order chi connectivity index (χ0) is 26.3. The monoisotopic (exact) mass is 508 g/mol. The topological polar surface area (TPSA) is 87.3 Å². The number of methoxy groups -OCH3 is 1. The highest BCUT2D eigenvalue weighted by Crippen LogP contribution is 2.50. The molecule has 0 spiro atoms. The van der Waals surface area contributed by atoms with Gasteiger partial charge in [0.2, 0.25) is 11.8 Å². The predicted molar refractivity (Wildman–Crippen MR) is 145 cm³/mol. The summed E-state index contributed by atoms with van der Waals surface area (Å²) in [4.78, 5) is 36.6. The Labute approximate surface area is 221 Å². The molecule has 2 fully saturated rings. The minimum absolute atomic E-state index is 0.0729. The third-order valence-electron chi connectivity index (χ3n) is 8.79. The van der Waals surface area contributed by atoms with Gasteiger partial charge in [-0.25, -0.2) is 4.98 Å². The third kappa shape index (κ3) is 6.19. The van der Waals surface area contributed by atoms with Gasteiger partial charge in [-0.05, 0) is 61.6 Å². The van der Waals surface area contributed by atoms with Gasteiger partial charge in [-0.1, -0.05) is 51.7 Å². The number of nitrogens with zero attached hydrogens (tertiary/aromatic N) is 2. The number of hydrogen-bond donors (Lipinski definition) is 2.